The lowest BCUT2D eigenvalue weighted by atomic mass is 9.88. The van der Waals surface area contributed by atoms with Gasteiger partial charge in [0.2, 0.25) is 0 Å². The summed E-state index contributed by atoms with van der Waals surface area (Å²) in [7, 11) is 0. The molecule has 0 amide bonds. The van der Waals surface area contributed by atoms with Crippen LogP contribution in [0.3, 0.4) is 0 Å². The lowest BCUT2D eigenvalue weighted by Crippen LogP contribution is -2.22. The smallest absolute Gasteiger partial charge is 0.115 e. The topological polar surface area (TPSA) is 33.4 Å². The van der Waals surface area contributed by atoms with E-state index in [0.717, 1.165) is 22.3 Å². The summed E-state index contributed by atoms with van der Waals surface area (Å²) < 4.78 is 5.02. The third kappa shape index (κ3) is 1.89. The molecule has 0 aliphatic rings. The lowest BCUT2D eigenvalue weighted by molar-refractivity contribution is 0.101. The molecule has 1 aromatic carbocycles. The zero-order chi connectivity index (χ0) is 11.8. The highest BCUT2D eigenvalue weighted by molar-refractivity contribution is 5.38. The first kappa shape index (κ1) is 11.0. The van der Waals surface area contributed by atoms with Crippen molar-refractivity contribution in [2.75, 3.05) is 0 Å². The van der Waals surface area contributed by atoms with Crippen LogP contribution in [-0.4, -0.2) is 5.11 Å². The predicted molar refractivity (Wildman–Crippen MR) is 63.3 cm³/mol. The van der Waals surface area contributed by atoms with E-state index in [4.69, 9.17) is 4.42 Å². The van der Waals surface area contributed by atoms with Crippen LogP contribution in [0.2, 0.25) is 0 Å². The molecular formula is C14H16O2. The van der Waals surface area contributed by atoms with Gasteiger partial charge in [0.15, 0.2) is 0 Å². The summed E-state index contributed by atoms with van der Waals surface area (Å²) in [5.74, 6) is 0. The molecule has 1 atom stereocenters. The van der Waals surface area contributed by atoms with Gasteiger partial charge in [-0.1, -0.05) is 29.3 Å². The van der Waals surface area contributed by atoms with Crippen molar-refractivity contribution in [3.05, 3.63) is 59.0 Å². The average molecular weight is 216 g/mol. The number of rotatable bonds is 2. The Kier molecular flexibility index (Phi) is 2.60. The van der Waals surface area contributed by atoms with Gasteiger partial charge in [-0.15, -0.1) is 0 Å². The minimum atomic E-state index is -0.996. The number of furan rings is 1. The Labute approximate surface area is 95.5 Å². The zero-order valence-corrected chi connectivity index (χ0v) is 9.82. The van der Waals surface area contributed by atoms with Crippen molar-refractivity contribution in [1.29, 1.82) is 0 Å². The molecule has 0 radical (unpaired) electrons. The second-order valence-electron chi connectivity index (χ2n) is 4.46. The maximum absolute atomic E-state index is 10.5. The Morgan fingerprint density at radius 1 is 1.06 bits per heavy atom. The van der Waals surface area contributed by atoms with Crippen LogP contribution in [0.25, 0.3) is 0 Å². The summed E-state index contributed by atoms with van der Waals surface area (Å²) >= 11 is 0. The highest BCUT2D eigenvalue weighted by atomic mass is 16.3. The van der Waals surface area contributed by atoms with Crippen LogP contribution in [0.1, 0.15) is 29.2 Å². The first-order chi connectivity index (χ1) is 7.50. The summed E-state index contributed by atoms with van der Waals surface area (Å²) in [6.07, 6.45) is 3.16. The molecule has 1 aromatic heterocycles. The minimum absolute atomic E-state index is 0.775. The van der Waals surface area contributed by atoms with Gasteiger partial charge in [0.1, 0.15) is 5.60 Å². The molecule has 0 fully saturated rings. The van der Waals surface area contributed by atoms with Gasteiger partial charge >= 0.3 is 0 Å². The fourth-order valence-electron chi connectivity index (χ4n) is 1.96. The molecule has 0 bridgehead atoms. The maximum atomic E-state index is 10.5. The quantitative estimate of drug-likeness (QED) is 0.836. The molecule has 0 saturated carbocycles. The molecule has 0 spiro atoms. The van der Waals surface area contributed by atoms with E-state index in [9.17, 15) is 5.11 Å². The predicted octanol–water partition coefficient (Wildman–Crippen LogP) is 3.15. The van der Waals surface area contributed by atoms with E-state index in [1.54, 1.807) is 25.5 Å². The van der Waals surface area contributed by atoms with Crippen molar-refractivity contribution in [1.82, 2.24) is 0 Å². The first-order valence-corrected chi connectivity index (χ1v) is 5.34. The molecule has 0 aliphatic carbocycles. The van der Waals surface area contributed by atoms with Gasteiger partial charge in [-0.2, -0.15) is 0 Å². The van der Waals surface area contributed by atoms with Crippen LogP contribution in [0.15, 0.2) is 41.2 Å². The number of hydrogen-bond donors (Lipinski definition) is 1. The Bertz CT molecular complexity index is 461. The van der Waals surface area contributed by atoms with Crippen LogP contribution in [0.5, 0.6) is 0 Å². The number of benzene rings is 1. The number of hydrogen-bond acceptors (Lipinski definition) is 2. The minimum Gasteiger partial charge on any atom is -0.472 e. The Morgan fingerprint density at radius 2 is 1.69 bits per heavy atom. The Morgan fingerprint density at radius 3 is 2.19 bits per heavy atom. The average Bonchev–Trinajstić information content (AvgIpc) is 2.69. The van der Waals surface area contributed by atoms with Gasteiger partial charge in [0.05, 0.1) is 12.5 Å². The Balaban J connectivity index is 2.51. The van der Waals surface area contributed by atoms with Crippen LogP contribution < -0.4 is 0 Å². The van der Waals surface area contributed by atoms with Crippen LogP contribution >= 0.6 is 0 Å². The molecule has 1 heterocycles. The van der Waals surface area contributed by atoms with Gasteiger partial charge in [-0.3, -0.25) is 0 Å². The van der Waals surface area contributed by atoms with Crippen molar-refractivity contribution in [2.24, 2.45) is 0 Å². The van der Waals surface area contributed by atoms with E-state index in [2.05, 4.69) is 6.07 Å². The Hall–Kier alpha value is -1.54. The van der Waals surface area contributed by atoms with Crippen LogP contribution in [-0.2, 0) is 5.60 Å². The molecule has 2 heteroatoms. The van der Waals surface area contributed by atoms with Crippen molar-refractivity contribution in [2.45, 2.75) is 26.4 Å². The normalized spacial score (nSPS) is 14.8. The first-order valence-electron chi connectivity index (χ1n) is 5.34. The SMILES string of the molecule is Cc1cc(C)cc(C(C)(O)c2ccoc2)c1. The van der Waals surface area contributed by atoms with E-state index in [0.29, 0.717) is 0 Å². The highest BCUT2D eigenvalue weighted by Crippen LogP contribution is 2.30. The number of aliphatic hydroxyl groups is 1. The van der Waals surface area contributed by atoms with Crippen molar-refractivity contribution in [3.8, 4) is 0 Å². The third-order valence-corrected chi connectivity index (χ3v) is 2.87. The van der Waals surface area contributed by atoms with Gasteiger partial charge in [0.25, 0.3) is 0 Å². The second-order valence-corrected chi connectivity index (χ2v) is 4.46. The summed E-state index contributed by atoms with van der Waals surface area (Å²) in [6.45, 7) is 5.84. The fourth-order valence-corrected chi connectivity index (χ4v) is 1.96. The summed E-state index contributed by atoms with van der Waals surface area (Å²) in [5.41, 5.74) is 2.98. The molecule has 2 aromatic rings. The van der Waals surface area contributed by atoms with Crippen molar-refractivity contribution in [3.63, 3.8) is 0 Å². The molecule has 2 rings (SSSR count). The highest BCUT2D eigenvalue weighted by Gasteiger charge is 2.26. The van der Waals surface area contributed by atoms with E-state index >= 15 is 0 Å². The van der Waals surface area contributed by atoms with Crippen LogP contribution in [0, 0.1) is 13.8 Å². The molecule has 1 unspecified atom stereocenters. The third-order valence-electron chi connectivity index (χ3n) is 2.87. The summed E-state index contributed by atoms with van der Waals surface area (Å²) in [6, 6.07) is 7.88. The molecule has 0 aliphatic heterocycles. The van der Waals surface area contributed by atoms with Crippen molar-refractivity contribution < 1.29 is 9.52 Å². The van der Waals surface area contributed by atoms with E-state index < -0.39 is 5.60 Å². The van der Waals surface area contributed by atoms with Gasteiger partial charge in [0, 0.05) is 5.56 Å². The number of aryl methyl sites for hydroxylation is 2. The second kappa shape index (κ2) is 3.80. The standard InChI is InChI=1S/C14H16O2/c1-10-6-11(2)8-13(7-10)14(3,15)12-4-5-16-9-12/h4-9,15H,1-3H3. The van der Waals surface area contributed by atoms with E-state index in [-0.39, 0.29) is 0 Å². The molecular weight excluding hydrogens is 200 g/mol. The van der Waals surface area contributed by atoms with E-state index in [1.165, 1.54) is 0 Å². The van der Waals surface area contributed by atoms with Crippen molar-refractivity contribution >= 4 is 0 Å². The molecule has 16 heavy (non-hydrogen) atoms. The molecule has 2 nitrogen and oxygen atoms in total. The summed E-state index contributed by atoms with van der Waals surface area (Å²) in [5, 5.41) is 10.5. The largest absolute Gasteiger partial charge is 0.472 e. The summed E-state index contributed by atoms with van der Waals surface area (Å²) in [4.78, 5) is 0. The van der Waals surface area contributed by atoms with Gasteiger partial charge in [-0.05, 0) is 32.4 Å². The zero-order valence-electron chi connectivity index (χ0n) is 9.82. The lowest BCUT2D eigenvalue weighted by Gasteiger charge is -2.23. The molecule has 84 valence electrons. The molecule has 1 N–H and O–H groups in total. The van der Waals surface area contributed by atoms with E-state index in [1.807, 2.05) is 26.0 Å². The molecule has 0 saturated heterocycles. The maximum Gasteiger partial charge on any atom is 0.115 e. The van der Waals surface area contributed by atoms with Gasteiger partial charge < -0.3 is 9.52 Å². The monoisotopic (exact) mass is 216 g/mol. The van der Waals surface area contributed by atoms with Crippen LogP contribution in [0.4, 0.5) is 0 Å². The van der Waals surface area contributed by atoms with Gasteiger partial charge in [-0.25, -0.2) is 0 Å². The fraction of sp³-hybridized carbons (Fsp3) is 0.286.